The fraction of sp³-hybridized carbons (Fsp3) is 0.182. The Bertz CT molecular complexity index is 1040. The Kier molecular flexibility index (Phi) is 7.09. The Morgan fingerprint density at radius 3 is 2.57 bits per heavy atom. The minimum atomic E-state index is -4.25. The van der Waals surface area contributed by atoms with Crippen LogP contribution in [0.5, 0.6) is 0 Å². The molecule has 1 amide bonds. The van der Waals surface area contributed by atoms with Crippen molar-refractivity contribution in [2.45, 2.75) is 19.6 Å². The topological polar surface area (TPSA) is 54.0 Å². The lowest BCUT2D eigenvalue weighted by atomic mass is 10.0. The molecule has 0 saturated carbocycles. The van der Waals surface area contributed by atoms with Gasteiger partial charge in [-0.05, 0) is 77.0 Å². The molecule has 0 atom stereocenters. The van der Waals surface area contributed by atoms with E-state index < -0.39 is 12.7 Å². The van der Waals surface area contributed by atoms with E-state index in [4.69, 9.17) is 0 Å². The van der Waals surface area contributed by atoms with E-state index in [2.05, 4.69) is 38.2 Å². The molecule has 0 bridgehead atoms. The second-order valence-corrected chi connectivity index (χ2v) is 7.89. The average molecular weight is 525 g/mol. The number of alkyl halides is 3. The van der Waals surface area contributed by atoms with Crippen LogP contribution in [0, 0.1) is 10.5 Å². The van der Waals surface area contributed by atoms with Crippen LogP contribution in [0.25, 0.3) is 11.3 Å². The monoisotopic (exact) mass is 525 g/mol. The average Bonchev–Trinajstić information content (AvgIpc) is 2.69. The van der Waals surface area contributed by atoms with Gasteiger partial charge in [0.2, 0.25) is 0 Å². The lowest BCUT2D eigenvalue weighted by molar-refractivity contribution is -0.125. The first-order chi connectivity index (χ1) is 14.2. The van der Waals surface area contributed by atoms with Crippen LogP contribution >= 0.6 is 22.6 Å². The summed E-state index contributed by atoms with van der Waals surface area (Å²) in [5, 5.41) is 5.24. The smallest absolute Gasteiger partial charge is 0.322 e. The van der Waals surface area contributed by atoms with Gasteiger partial charge in [-0.2, -0.15) is 13.2 Å². The number of hydrogen-bond acceptors (Lipinski definition) is 3. The zero-order chi connectivity index (χ0) is 21.7. The van der Waals surface area contributed by atoms with Crippen molar-refractivity contribution in [3.05, 3.63) is 81.1 Å². The van der Waals surface area contributed by atoms with Crippen LogP contribution in [0.3, 0.4) is 0 Å². The summed E-state index contributed by atoms with van der Waals surface area (Å²) in [5.74, 6) is -0.282. The molecule has 0 aliphatic rings. The summed E-state index contributed by atoms with van der Waals surface area (Å²) in [6.45, 7) is 0.780. The first kappa shape index (κ1) is 22.2. The summed E-state index contributed by atoms with van der Waals surface area (Å²) in [7, 11) is 0. The zero-order valence-electron chi connectivity index (χ0n) is 16.1. The molecule has 2 N–H and O–H groups in total. The van der Waals surface area contributed by atoms with Crippen molar-refractivity contribution in [2.24, 2.45) is 0 Å². The van der Waals surface area contributed by atoms with Crippen molar-refractivity contribution in [3.63, 3.8) is 0 Å². The predicted octanol–water partition coefficient (Wildman–Crippen LogP) is 5.57. The van der Waals surface area contributed by atoms with Gasteiger partial charge in [0.15, 0.2) is 0 Å². The Hall–Kier alpha value is -2.46. The Balaban J connectivity index is 1.72. The SMILES string of the molecule is Cc1cc(CNCC(F)(F)F)ccc1C(=O)Nc1ccc(I)c(-c2ccccn2)c1. The van der Waals surface area contributed by atoms with E-state index in [0.717, 1.165) is 14.8 Å². The van der Waals surface area contributed by atoms with Gasteiger partial charge in [0.1, 0.15) is 0 Å². The summed E-state index contributed by atoms with van der Waals surface area (Å²) in [4.78, 5) is 17.1. The number of anilines is 1. The maximum absolute atomic E-state index is 12.7. The van der Waals surface area contributed by atoms with E-state index in [1.54, 1.807) is 31.3 Å². The van der Waals surface area contributed by atoms with Gasteiger partial charge in [-0.25, -0.2) is 0 Å². The molecule has 0 aliphatic carbocycles. The minimum absolute atomic E-state index is 0.0762. The van der Waals surface area contributed by atoms with E-state index in [0.29, 0.717) is 22.4 Å². The summed E-state index contributed by atoms with van der Waals surface area (Å²) >= 11 is 2.22. The maximum Gasteiger partial charge on any atom is 0.401 e. The van der Waals surface area contributed by atoms with Gasteiger partial charge in [-0.3, -0.25) is 9.78 Å². The van der Waals surface area contributed by atoms with Crippen LogP contribution in [0.15, 0.2) is 60.8 Å². The van der Waals surface area contributed by atoms with Crippen LogP contribution in [0.2, 0.25) is 0 Å². The quantitative estimate of drug-likeness (QED) is 0.415. The number of hydrogen-bond donors (Lipinski definition) is 2. The number of pyridine rings is 1. The number of amides is 1. The molecule has 0 aliphatic heterocycles. The second kappa shape index (κ2) is 9.57. The van der Waals surface area contributed by atoms with Crippen molar-refractivity contribution in [1.82, 2.24) is 10.3 Å². The highest BCUT2D eigenvalue weighted by Crippen LogP contribution is 2.27. The van der Waals surface area contributed by atoms with E-state index in [1.165, 1.54) is 0 Å². The number of benzene rings is 2. The van der Waals surface area contributed by atoms with Crippen LogP contribution in [0.4, 0.5) is 18.9 Å². The molecule has 3 rings (SSSR count). The lowest BCUT2D eigenvalue weighted by Gasteiger charge is -2.12. The summed E-state index contributed by atoms with van der Waals surface area (Å²) in [6.07, 6.45) is -2.54. The number of aromatic nitrogens is 1. The normalized spacial score (nSPS) is 11.4. The Labute approximate surface area is 186 Å². The highest BCUT2D eigenvalue weighted by Gasteiger charge is 2.26. The highest BCUT2D eigenvalue weighted by atomic mass is 127. The third kappa shape index (κ3) is 6.02. The Morgan fingerprint density at radius 1 is 1.10 bits per heavy atom. The first-order valence-electron chi connectivity index (χ1n) is 9.12. The van der Waals surface area contributed by atoms with Crippen LogP contribution in [0.1, 0.15) is 21.5 Å². The third-order valence-corrected chi connectivity index (χ3v) is 5.30. The van der Waals surface area contributed by atoms with E-state index >= 15 is 0 Å². The number of carbonyl (C=O) groups excluding carboxylic acids is 1. The fourth-order valence-corrected chi connectivity index (χ4v) is 3.57. The molecule has 0 fully saturated rings. The van der Waals surface area contributed by atoms with Crippen LogP contribution < -0.4 is 10.6 Å². The summed E-state index contributed by atoms with van der Waals surface area (Å²) in [5.41, 5.74) is 4.19. The molecule has 1 heterocycles. The molecule has 0 radical (unpaired) electrons. The summed E-state index contributed by atoms with van der Waals surface area (Å²) in [6, 6.07) is 16.2. The molecule has 0 saturated heterocycles. The Morgan fingerprint density at radius 2 is 1.90 bits per heavy atom. The number of nitrogens with zero attached hydrogens (tertiary/aromatic N) is 1. The molecule has 1 aromatic heterocycles. The predicted molar refractivity (Wildman–Crippen MR) is 119 cm³/mol. The van der Waals surface area contributed by atoms with Crippen molar-refractivity contribution >= 4 is 34.2 Å². The van der Waals surface area contributed by atoms with Crippen molar-refractivity contribution < 1.29 is 18.0 Å². The number of carbonyl (C=O) groups is 1. The molecular weight excluding hydrogens is 506 g/mol. The minimum Gasteiger partial charge on any atom is -0.322 e. The molecule has 156 valence electrons. The van der Waals surface area contributed by atoms with E-state index in [1.807, 2.05) is 36.4 Å². The van der Waals surface area contributed by atoms with Crippen molar-refractivity contribution in [3.8, 4) is 11.3 Å². The molecule has 2 aromatic carbocycles. The van der Waals surface area contributed by atoms with E-state index in [-0.39, 0.29) is 12.5 Å². The molecule has 0 unspecified atom stereocenters. The van der Waals surface area contributed by atoms with Gasteiger partial charge in [0.25, 0.3) is 5.91 Å². The largest absolute Gasteiger partial charge is 0.401 e. The van der Waals surface area contributed by atoms with Crippen LogP contribution in [-0.4, -0.2) is 23.6 Å². The lowest BCUT2D eigenvalue weighted by Crippen LogP contribution is -2.28. The van der Waals surface area contributed by atoms with Gasteiger partial charge in [0, 0.05) is 33.1 Å². The van der Waals surface area contributed by atoms with Gasteiger partial charge < -0.3 is 10.6 Å². The van der Waals surface area contributed by atoms with Crippen molar-refractivity contribution in [1.29, 1.82) is 0 Å². The van der Waals surface area contributed by atoms with Gasteiger partial charge in [-0.1, -0.05) is 18.2 Å². The summed E-state index contributed by atoms with van der Waals surface area (Å²) < 4.78 is 37.8. The molecule has 8 heteroatoms. The number of rotatable bonds is 6. The molecule has 30 heavy (non-hydrogen) atoms. The first-order valence-corrected chi connectivity index (χ1v) is 10.2. The molecule has 4 nitrogen and oxygen atoms in total. The van der Waals surface area contributed by atoms with Crippen molar-refractivity contribution in [2.75, 3.05) is 11.9 Å². The zero-order valence-corrected chi connectivity index (χ0v) is 18.2. The second-order valence-electron chi connectivity index (χ2n) is 6.73. The number of nitrogens with one attached hydrogen (secondary N) is 2. The molecule has 3 aromatic rings. The molecular formula is C22H19F3IN3O. The number of halogens is 4. The number of aryl methyl sites for hydroxylation is 1. The van der Waals surface area contributed by atoms with Gasteiger partial charge in [-0.15, -0.1) is 0 Å². The van der Waals surface area contributed by atoms with Crippen LogP contribution in [-0.2, 0) is 6.54 Å². The maximum atomic E-state index is 12.7. The molecule has 0 spiro atoms. The van der Waals surface area contributed by atoms with Gasteiger partial charge >= 0.3 is 6.18 Å². The highest BCUT2D eigenvalue weighted by molar-refractivity contribution is 14.1. The van der Waals surface area contributed by atoms with Gasteiger partial charge in [0.05, 0.1) is 12.2 Å². The third-order valence-electron chi connectivity index (χ3n) is 4.36. The fourth-order valence-electron chi connectivity index (χ4n) is 2.96. The van der Waals surface area contributed by atoms with E-state index in [9.17, 15) is 18.0 Å². The standard InChI is InChI=1S/C22H19F3IN3O/c1-14-10-15(12-27-13-22(23,24)25)5-7-17(14)21(30)29-16-6-8-19(26)18(11-16)20-4-2-3-9-28-20/h2-11,27H,12-13H2,1H3,(H,29,30).